The lowest BCUT2D eigenvalue weighted by atomic mass is 10.1. The third-order valence-corrected chi connectivity index (χ3v) is 3.45. The maximum absolute atomic E-state index is 11.5. The minimum atomic E-state index is -0.652. The molecule has 1 aromatic rings. The van der Waals surface area contributed by atoms with Gasteiger partial charge in [0.2, 0.25) is 0 Å². The number of rotatable bonds is 3. The van der Waals surface area contributed by atoms with Gasteiger partial charge in [-0.25, -0.2) is 0 Å². The van der Waals surface area contributed by atoms with Crippen molar-refractivity contribution in [3.63, 3.8) is 0 Å². The fourth-order valence-electron chi connectivity index (χ4n) is 1.61. The van der Waals surface area contributed by atoms with Gasteiger partial charge >= 0.3 is 11.8 Å². The number of nitrogens with one attached hydrogen (secondary N) is 2. The molecule has 2 N–H and O–H groups in total. The van der Waals surface area contributed by atoms with Crippen LogP contribution in [0, 0.1) is 0 Å². The van der Waals surface area contributed by atoms with Crippen LogP contribution >= 0.6 is 11.8 Å². The van der Waals surface area contributed by atoms with E-state index in [1.54, 1.807) is 0 Å². The second kappa shape index (κ2) is 6.94. The quantitative estimate of drug-likeness (QED) is 0.793. The number of thioether (sulfide) groups is 1. The molecule has 1 heterocycles. The van der Waals surface area contributed by atoms with Gasteiger partial charge in [-0.3, -0.25) is 19.9 Å². The average Bonchev–Trinajstić information content (AvgIpc) is 2.92. The zero-order chi connectivity index (χ0) is 13.5. The Labute approximate surface area is 115 Å². The summed E-state index contributed by atoms with van der Waals surface area (Å²) in [6, 6.07) is 9.79. The smallest absolute Gasteiger partial charge is 0.315 e. The van der Waals surface area contributed by atoms with Gasteiger partial charge in [0.05, 0.1) is 6.54 Å². The molecule has 0 bridgehead atoms. The third kappa shape index (κ3) is 4.40. The molecule has 0 aliphatic carbocycles. The number of carbonyl (C=O) groups excluding carboxylic acids is 2. The molecule has 5 nitrogen and oxygen atoms in total. The fraction of sp³-hybridized carbons (Fsp3) is 0.308. The van der Waals surface area contributed by atoms with E-state index in [0.717, 1.165) is 11.3 Å². The van der Waals surface area contributed by atoms with Gasteiger partial charge in [0.1, 0.15) is 0 Å². The number of hydrogen-bond acceptors (Lipinski definition) is 4. The van der Waals surface area contributed by atoms with Crippen molar-refractivity contribution in [2.75, 3.05) is 18.8 Å². The van der Waals surface area contributed by atoms with Gasteiger partial charge < -0.3 is 5.32 Å². The number of amides is 2. The van der Waals surface area contributed by atoms with Crippen LogP contribution in [0.5, 0.6) is 0 Å². The lowest BCUT2D eigenvalue weighted by Gasteiger charge is -2.05. The van der Waals surface area contributed by atoms with Crippen LogP contribution in [-0.2, 0) is 16.0 Å². The molecule has 0 radical (unpaired) electrons. The number of nitrogens with zero attached hydrogens (tertiary/aromatic N) is 1. The Kier molecular flexibility index (Phi) is 4.97. The van der Waals surface area contributed by atoms with Crippen molar-refractivity contribution in [1.82, 2.24) is 10.6 Å². The summed E-state index contributed by atoms with van der Waals surface area (Å²) in [5.74, 6) is -0.419. The predicted molar refractivity (Wildman–Crippen MR) is 76.1 cm³/mol. The van der Waals surface area contributed by atoms with Crippen LogP contribution in [0.25, 0.3) is 0 Å². The van der Waals surface area contributed by atoms with E-state index in [0.29, 0.717) is 24.7 Å². The van der Waals surface area contributed by atoms with Gasteiger partial charge in [-0.15, -0.1) is 0 Å². The van der Waals surface area contributed by atoms with Crippen molar-refractivity contribution in [2.45, 2.75) is 6.42 Å². The van der Waals surface area contributed by atoms with E-state index in [1.807, 2.05) is 30.3 Å². The second-order valence-corrected chi connectivity index (χ2v) is 5.06. The van der Waals surface area contributed by atoms with Crippen molar-refractivity contribution < 1.29 is 9.59 Å². The maximum atomic E-state index is 11.5. The Morgan fingerprint density at radius 1 is 1.21 bits per heavy atom. The predicted octanol–water partition coefficient (Wildman–Crippen LogP) is 0.564. The van der Waals surface area contributed by atoms with Gasteiger partial charge in [0.25, 0.3) is 0 Å². The summed E-state index contributed by atoms with van der Waals surface area (Å²) in [7, 11) is 0. The number of aliphatic imine (C=N–C) groups is 1. The highest BCUT2D eigenvalue weighted by molar-refractivity contribution is 8.14. The van der Waals surface area contributed by atoms with E-state index >= 15 is 0 Å². The molecule has 19 heavy (non-hydrogen) atoms. The largest absolute Gasteiger partial charge is 0.347 e. The summed E-state index contributed by atoms with van der Waals surface area (Å²) in [5.41, 5.74) is 1.12. The Morgan fingerprint density at radius 2 is 2.00 bits per heavy atom. The molecule has 0 saturated carbocycles. The molecule has 1 aromatic carbocycles. The van der Waals surface area contributed by atoms with Crippen LogP contribution in [0.2, 0.25) is 0 Å². The summed E-state index contributed by atoms with van der Waals surface area (Å²) in [5, 5.41) is 5.61. The number of carbonyl (C=O) groups is 2. The van der Waals surface area contributed by atoms with Crippen LogP contribution in [0.15, 0.2) is 35.3 Å². The average molecular weight is 277 g/mol. The number of amidine groups is 1. The number of hydrogen-bond donors (Lipinski definition) is 2. The molecule has 0 atom stereocenters. The Balaban J connectivity index is 1.70. The molecular formula is C13H15N3O2S. The first-order valence-electron chi connectivity index (χ1n) is 6.06. The summed E-state index contributed by atoms with van der Waals surface area (Å²) in [4.78, 5) is 27.1. The molecule has 0 spiro atoms. The summed E-state index contributed by atoms with van der Waals surface area (Å²) < 4.78 is 0. The highest BCUT2D eigenvalue weighted by Gasteiger charge is 2.17. The molecule has 6 heteroatoms. The van der Waals surface area contributed by atoms with Crippen molar-refractivity contribution in [1.29, 1.82) is 0 Å². The maximum Gasteiger partial charge on any atom is 0.315 e. The third-order valence-electron chi connectivity index (χ3n) is 2.55. The summed E-state index contributed by atoms with van der Waals surface area (Å²) in [6.45, 7) is 1.13. The zero-order valence-corrected chi connectivity index (χ0v) is 11.2. The van der Waals surface area contributed by atoms with Gasteiger partial charge in [-0.05, 0) is 12.0 Å². The molecule has 2 amide bonds. The van der Waals surface area contributed by atoms with E-state index in [4.69, 9.17) is 0 Å². The molecule has 0 fully saturated rings. The van der Waals surface area contributed by atoms with Gasteiger partial charge in [-0.2, -0.15) is 0 Å². The van der Waals surface area contributed by atoms with E-state index in [-0.39, 0.29) is 0 Å². The minimum Gasteiger partial charge on any atom is -0.347 e. The Morgan fingerprint density at radius 3 is 2.68 bits per heavy atom. The van der Waals surface area contributed by atoms with E-state index in [1.165, 1.54) is 11.8 Å². The first kappa shape index (κ1) is 13.6. The van der Waals surface area contributed by atoms with Crippen LogP contribution in [0.4, 0.5) is 0 Å². The van der Waals surface area contributed by atoms with E-state index < -0.39 is 11.8 Å². The Bertz CT molecular complexity index is 488. The topological polar surface area (TPSA) is 70.6 Å². The number of benzene rings is 1. The van der Waals surface area contributed by atoms with E-state index in [2.05, 4.69) is 15.6 Å². The van der Waals surface area contributed by atoms with Gasteiger partial charge in [-0.1, -0.05) is 42.1 Å². The highest BCUT2D eigenvalue weighted by atomic mass is 32.2. The lowest BCUT2D eigenvalue weighted by molar-refractivity contribution is -0.138. The molecule has 0 saturated heterocycles. The first-order valence-corrected chi connectivity index (χ1v) is 7.04. The van der Waals surface area contributed by atoms with Crippen molar-refractivity contribution in [3.8, 4) is 0 Å². The summed E-state index contributed by atoms with van der Waals surface area (Å²) >= 11 is 1.45. The molecule has 0 aromatic heterocycles. The molecular weight excluding hydrogens is 262 g/mol. The lowest BCUT2D eigenvalue weighted by Crippen LogP contribution is -2.42. The van der Waals surface area contributed by atoms with Crippen molar-refractivity contribution in [3.05, 3.63) is 35.9 Å². The fourth-order valence-corrected chi connectivity index (χ4v) is 2.33. The summed E-state index contributed by atoms with van der Waals surface area (Å²) in [6.07, 6.45) is 0.704. The van der Waals surface area contributed by atoms with E-state index in [9.17, 15) is 9.59 Å². The SMILES string of the molecule is O=C(NCCc1ccccc1)C(=O)NC1=NCCS1. The minimum absolute atomic E-state index is 0.440. The zero-order valence-electron chi connectivity index (χ0n) is 10.4. The Hall–Kier alpha value is -1.82. The first-order chi connectivity index (χ1) is 9.25. The second-order valence-electron chi connectivity index (χ2n) is 3.98. The molecule has 0 unspecified atom stereocenters. The molecule has 1 aliphatic rings. The van der Waals surface area contributed by atoms with Crippen molar-refractivity contribution in [2.24, 2.45) is 4.99 Å². The monoisotopic (exact) mass is 277 g/mol. The van der Waals surface area contributed by atoms with Crippen LogP contribution < -0.4 is 10.6 Å². The van der Waals surface area contributed by atoms with Crippen LogP contribution in [-0.4, -0.2) is 35.8 Å². The normalized spacial score (nSPS) is 13.8. The van der Waals surface area contributed by atoms with Gasteiger partial charge in [0.15, 0.2) is 5.17 Å². The molecule has 100 valence electrons. The molecule has 1 aliphatic heterocycles. The highest BCUT2D eigenvalue weighted by Crippen LogP contribution is 2.08. The van der Waals surface area contributed by atoms with Crippen molar-refractivity contribution >= 4 is 28.7 Å². The molecule has 2 rings (SSSR count). The van der Waals surface area contributed by atoms with Gasteiger partial charge in [0, 0.05) is 12.3 Å². The van der Waals surface area contributed by atoms with Crippen LogP contribution in [0.1, 0.15) is 5.56 Å². The standard InChI is InChI=1S/C13H15N3O2S/c17-11(12(18)16-13-15-8-9-19-13)14-7-6-10-4-2-1-3-5-10/h1-5H,6-9H2,(H,14,17)(H,15,16,18). The van der Waals surface area contributed by atoms with Crippen LogP contribution in [0.3, 0.4) is 0 Å².